The van der Waals surface area contributed by atoms with Crippen molar-refractivity contribution >= 4 is 22.4 Å². The number of benzene rings is 1. The first kappa shape index (κ1) is 17.9. The van der Waals surface area contributed by atoms with Crippen molar-refractivity contribution in [1.29, 1.82) is 5.26 Å². The quantitative estimate of drug-likeness (QED) is 0.909. The second-order valence-corrected chi connectivity index (χ2v) is 7.07. The Labute approximate surface area is 132 Å². The molecule has 21 heavy (non-hydrogen) atoms. The molecular weight excluding hydrogens is 310 g/mol. The number of nitrogens with one attached hydrogen (secondary N) is 1. The number of hydrogen-bond acceptors (Lipinski definition) is 4. The molecule has 0 amide bonds. The van der Waals surface area contributed by atoms with Gasteiger partial charge in [-0.3, -0.25) is 0 Å². The van der Waals surface area contributed by atoms with Crippen LogP contribution in [0.25, 0.3) is 0 Å². The van der Waals surface area contributed by atoms with Crippen molar-refractivity contribution in [2.45, 2.75) is 18.2 Å². The highest BCUT2D eigenvalue weighted by Gasteiger charge is 2.33. The van der Waals surface area contributed by atoms with Gasteiger partial charge < -0.3 is 5.32 Å². The van der Waals surface area contributed by atoms with E-state index in [-0.39, 0.29) is 17.3 Å². The summed E-state index contributed by atoms with van der Waals surface area (Å²) < 4.78 is 26.9. The van der Waals surface area contributed by atoms with Gasteiger partial charge in [0.15, 0.2) is 0 Å². The van der Waals surface area contributed by atoms with Gasteiger partial charge in [-0.25, -0.2) is 8.42 Å². The van der Waals surface area contributed by atoms with Gasteiger partial charge in [-0.1, -0.05) is 6.07 Å². The molecule has 0 bridgehead atoms. The van der Waals surface area contributed by atoms with Gasteiger partial charge in [-0.05, 0) is 50.6 Å². The van der Waals surface area contributed by atoms with Crippen LogP contribution in [0.1, 0.15) is 17.5 Å². The fourth-order valence-electron chi connectivity index (χ4n) is 2.56. The minimum absolute atomic E-state index is 0. The Bertz CT molecular complexity index is 640. The summed E-state index contributed by atoms with van der Waals surface area (Å²) in [7, 11) is -1.63. The molecule has 0 aromatic heterocycles. The molecule has 1 heterocycles. The molecule has 0 spiro atoms. The predicted octanol–water partition coefficient (Wildman–Crippen LogP) is 1.52. The second-order valence-electron chi connectivity index (χ2n) is 5.17. The van der Waals surface area contributed by atoms with Gasteiger partial charge >= 0.3 is 0 Å². The van der Waals surface area contributed by atoms with Crippen molar-refractivity contribution in [2.75, 3.05) is 26.7 Å². The van der Waals surface area contributed by atoms with Crippen LogP contribution in [0.15, 0.2) is 23.1 Å². The minimum atomic E-state index is -3.50. The van der Waals surface area contributed by atoms with Crippen LogP contribution in [0, 0.1) is 24.2 Å². The van der Waals surface area contributed by atoms with Crippen LogP contribution in [-0.4, -0.2) is 39.4 Å². The summed E-state index contributed by atoms with van der Waals surface area (Å²) in [6.45, 7) is 3.67. The van der Waals surface area contributed by atoms with Gasteiger partial charge in [0.2, 0.25) is 10.0 Å². The number of rotatable bonds is 4. The van der Waals surface area contributed by atoms with Crippen LogP contribution in [0.5, 0.6) is 0 Å². The zero-order chi connectivity index (χ0) is 14.8. The van der Waals surface area contributed by atoms with E-state index in [9.17, 15) is 8.42 Å². The van der Waals surface area contributed by atoms with E-state index < -0.39 is 10.0 Å². The molecule has 1 fully saturated rings. The number of aryl methyl sites for hydroxylation is 1. The highest BCUT2D eigenvalue weighted by atomic mass is 35.5. The van der Waals surface area contributed by atoms with E-state index in [0.717, 1.165) is 13.0 Å². The largest absolute Gasteiger partial charge is 0.319 e. The number of hydrogen-bond donors (Lipinski definition) is 1. The molecule has 1 atom stereocenters. The third kappa shape index (κ3) is 3.74. The second kappa shape index (κ2) is 7.23. The molecule has 1 N–H and O–H groups in total. The summed E-state index contributed by atoms with van der Waals surface area (Å²) in [5.41, 5.74) is 1.06. The molecule has 0 saturated carbocycles. The Morgan fingerprint density at radius 1 is 1.48 bits per heavy atom. The van der Waals surface area contributed by atoms with Gasteiger partial charge in [0.25, 0.3) is 0 Å². The van der Waals surface area contributed by atoms with E-state index >= 15 is 0 Å². The highest BCUT2D eigenvalue weighted by molar-refractivity contribution is 7.89. The normalized spacial score (nSPS) is 19.0. The Balaban J connectivity index is 0.00000220. The first-order valence-electron chi connectivity index (χ1n) is 6.64. The standard InChI is InChI=1S/C14H19N3O2S.ClH/c1-11-3-4-12(8-15)7-14(11)20(18,19)17-6-5-13(10-17)9-16-2;/h3-4,7,13,16H,5-6,9-10H2,1-2H3;1H. The molecule has 0 aliphatic carbocycles. The zero-order valence-corrected chi connectivity index (χ0v) is 13.8. The summed E-state index contributed by atoms with van der Waals surface area (Å²) in [6, 6.07) is 6.79. The molecular formula is C14H20ClN3O2S. The Morgan fingerprint density at radius 3 is 2.81 bits per heavy atom. The molecule has 1 aromatic carbocycles. The number of nitrogens with zero attached hydrogens (tertiary/aromatic N) is 2. The number of sulfonamides is 1. The van der Waals surface area contributed by atoms with Crippen molar-refractivity contribution in [3.8, 4) is 6.07 Å². The molecule has 1 aliphatic heterocycles. The van der Waals surface area contributed by atoms with Gasteiger partial charge in [0, 0.05) is 13.1 Å². The molecule has 1 aliphatic rings. The van der Waals surface area contributed by atoms with E-state index in [1.165, 1.54) is 10.4 Å². The lowest BCUT2D eigenvalue weighted by atomic mass is 10.1. The van der Waals surface area contributed by atoms with Gasteiger partial charge in [0.05, 0.1) is 16.5 Å². The summed E-state index contributed by atoms with van der Waals surface area (Å²) >= 11 is 0. The Kier molecular flexibility index (Phi) is 6.17. The molecule has 116 valence electrons. The lowest BCUT2D eigenvalue weighted by Gasteiger charge is -2.18. The molecule has 5 nitrogen and oxygen atoms in total. The minimum Gasteiger partial charge on any atom is -0.319 e. The van der Waals surface area contributed by atoms with Crippen molar-refractivity contribution < 1.29 is 8.42 Å². The maximum absolute atomic E-state index is 12.7. The van der Waals surface area contributed by atoms with Crippen LogP contribution < -0.4 is 5.32 Å². The lowest BCUT2D eigenvalue weighted by molar-refractivity contribution is 0.451. The van der Waals surface area contributed by atoms with Crippen molar-refractivity contribution in [1.82, 2.24) is 9.62 Å². The van der Waals surface area contributed by atoms with E-state index in [1.807, 2.05) is 13.1 Å². The maximum Gasteiger partial charge on any atom is 0.243 e. The van der Waals surface area contributed by atoms with Crippen molar-refractivity contribution in [2.24, 2.45) is 5.92 Å². The zero-order valence-electron chi connectivity index (χ0n) is 12.2. The monoisotopic (exact) mass is 329 g/mol. The highest BCUT2D eigenvalue weighted by Crippen LogP contribution is 2.26. The Hall–Kier alpha value is -1.13. The third-order valence-corrected chi connectivity index (χ3v) is 5.68. The maximum atomic E-state index is 12.7. The van der Waals surface area contributed by atoms with E-state index in [4.69, 9.17) is 5.26 Å². The molecule has 2 rings (SSSR count). The summed E-state index contributed by atoms with van der Waals surface area (Å²) in [5.74, 6) is 0.356. The molecule has 1 saturated heterocycles. The van der Waals surface area contributed by atoms with Crippen LogP contribution in [0.2, 0.25) is 0 Å². The average Bonchev–Trinajstić information content (AvgIpc) is 2.89. The SMILES string of the molecule is CNCC1CCN(S(=O)(=O)c2cc(C#N)ccc2C)C1.Cl. The van der Waals surface area contributed by atoms with Crippen LogP contribution in [0.4, 0.5) is 0 Å². The van der Waals surface area contributed by atoms with E-state index in [0.29, 0.717) is 30.1 Å². The fraction of sp³-hybridized carbons (Fsp3) is 0.500. The first-order chi connectivity index (χ1) is 9.48. The number of halogens is 1. The van der Waals surface area contributed by atoms with Crippen molar-refractivity contribution in [3.05, 3.63) is 29.3 Å². The van der Waals surface area contributed by atoms with Gasteiger partial charge in [0.1, 0.15) is 0 Å². The van der Waals surface area contributed by atoms with Crippen LogP contribution in [-0.2, 0) is 10.0 Å². The molecule has 1 aromatic rings. The van der Waals surface area contributed by atoms with Crippen LogP contribution in [0.3, 0.4) is 0 Å². The summed E-state index contributed by atoms with van der Waals surface area (Å²) in [5, 5.41) is 12.0. The lowest BCUT2D eigenvalue weighted by Crippen LogP contribution is -2.31. The topological polar surface area (TPSA) is 73.2 Å². The van der Waals surface area contributed by atoms with E-state index in [1.54, 1.807) is 19.1 Å². The van der Waals surface area contributed by atoms with E-state index in [2.05, 4.69) is 5.32 Å². The van der Waals surface area contributed by atoms with Gasteiger partial charge in [-0.15, -0.1) is 12.4 Å². The molecule has 1 unspecified atom stereocenters. The average molecular weight is 330 g/mol. The predicted molar refractivity (Wildman–Crippen MR) is 83.9 cm³/mol. The summed E-state index contributed by atoms with van der Waals surface area (Å²) in [6.07, 6.45) is 0.872. The number of nitriles is 1. The third-order valence-electron chi connectivity index (χ3n) is 3.68. The molecule has 7 heteroatoms. The summed E-state index contributed by atoms with van der Waals surface area (Å²) in [4.78, 5) is 0.252. The fourth-order valence-corrected chi connectivity index (χ4v) is 4.34. The first-order valence-corrected chi connectivity index (χ1v) is 8.08. The van der Waals surface area contributed by atoms with Crippen LogP contribution >= 0.6 is 12.4 Å². The Morgan fingerprint density at radius 2 is 2.19 bits per heavy atom. The molecule has 0 radical (unpaired) electrons. The smallest absolute Gasteiger partial charge is 0.243 e. The van der Waals surface area contributed by atoms with Crippen molar-refractivity contribution in [3.63, 3.8) is 0 Å². The van der Waals surface area contributed by atoms with Gasteiger partial charge in [-0.2, -0.15) is 9.57 Å².